The Kier molecular flexibility index (Phi) is 5.89. The van der Waals surface area contributed by atoms with Crippen molar-refractivity contribution in [3.8, 4) is 22.6 Å². The molecule has 3 heterocycles. The van der Waals surface area contributed by atoms with Crippen molar-refractivity contribution >= 4 is 28.3 Å². The van der Waals surface area contributed by atoms with Crippen LogP contribution < -0.4 is 9.47 Å². The second kappa shape index (κ2) is 9.52. The Balaban J connectivity index is 1.37. The molecule has 0 spiro atoms. The summed E-state index contributed by atoms with van der Waals surface area (Å²) >= 11 is 0. The van der Waals surface area contributed by atoms with E-state index in [0.717, 1.165) is 39.8 Å². The largest absolute Gasteiger partial charge is 0.497 e. The van der Waals surface area contributed by atoms with E-state index in [1.165, 1.54) is 5.56 Å². The van der Waals surface area contributed by atoms with Gasteiger partial charge < -0.3 is 13.9 Å². The molecule has 0 saturated carbocycles. The molecule has 0 radical (unpaired) electrons. The number of rotatable bonds is 7. The third kappa shape index (κ3) is 3.89. The van der Waals surface area contributed by atoms with E-state index in [1.54, 1.807) is 55.6 Å². The first-order valence-electron chi connectivity index (χ1n) is 12.5. The summed E-state index contributed by atoms with van der Waals surface area (Å²) in [6, 6.07) is 31.7. The van der Waals surface area contributed by atoms with Crippen LogP contribution in [0.15, 0.2) is 103 Å². The zero-order chi connectivity index (χ0) is 26.2. The normalized spacial score (nSPS) is 11.2. The zero-order valence-electron chi connectivity index (χ0n) is 21.1. The van der Waals surface area contributed by atoms with Gasteiger partial charge in [0.2, 0.25) is 0 Å². The predicted octanol–water partition coefficient (Wildman–Crippen LogP) is 7.22. The van der Waals surface area contributed by atoms with Crippen LogP contribution in [-0.4, -0.2) is 23.3 Å². The smallest absolute Gasteiger partial charge is 0.343 e. The lowest BCUT2D eigenvalue weighted by atomic mass is 9.98. The fraction of sp³-hybridized carbons (Fsp3) is 0.0909. The minimum atomic E-state index is -0.438. The van der Waals surface area contributed by atoms with Crippen molar-refractivity contribution in [2.45, 2.75) is 13.3 Å². The number of benzene rings is 3. The Hall–Kier alpha value is -4.90. The Morgan fingerprint density at radius 2 is 1.39 bits per heavy atom. The van der Waals surface area contributed by atoms with Crippen molar-refractivity contribution in [3.05, 3.63) is 125 Å². The molecule has 0 bridgehead atoms. The highest BCUT2D eigenvalue weighted by Gasteiger charge is 2.23. The van der Waals surface area contributed by atoms with E-state index in [2.05, 4.69) is 29.5 Å². The number of carbonyl (C=O) groups excluding carboxylic acids is 2. The minimum Gasteiger partial charge on any atom is -0.497 e. The van der Waals surface area contributed by atoms with Gasteiger partial charge in [0, 0.05) is 16.7 Å². The maximum absolute atomic E-state index is 13.7. The molecule has 3 aromatic carbocycles. The van der Waals surface area contributed by atoms with Crippen molar-refractivity contribution < 1.29 is 19.1 Å². The first kappa shape index (κ1) is 23.5. The number of methoxy groups -OCH3 is 1. The van der Waals surface area contributed by atoms with E-state index in [-0.39, 0.29) is 5.78 Å². The summed E-state index contributed by atoms with van der Waals surface area (Å²) in [6.45, 7) is 2.16. The van der Waals surface area contributed by atoms with E-state index in [4.69, 9.17) is 9.47 Å². The third-order valence-corrected chi connectivity index (χ3v) is 6.97. The average Bonchev–Trinajstić information content (AvgIpc) is 3.51. The first-order chi connectivity index (χ1) is 18.6. The SMILES string of the molecule is CCc1c(-c2ccc(OC)cc2)c2cc(C(=O)c3ccc(OC(=O)c4ccccc4)cc3)c3cccc1n32. The maximum atomic E-state index is 13.7. The molecular weight excluding hydrogens is 474 g/mol. The third-order valence-electron chi connectivity index (χ3n) is 6.97. The zero-order valence-corrected chi connectivity index (χ0v) is 21.1. The van der Waals surface area contributed by atoms with Gasteiger partial charge >= 0.3 is 5.97 Å². The number of hydrogen-bond donors (Lipinski definition) is 0. The number of ketones is 1. The highest BCUT2D eigenvalue weighted by Crippen LogP contribution is 2.39. The molecule has 5 heteroatoms. The second-order valence-corrected chi connectivity index (χ2v) is 9.12. The van der Waals surface area contributed by atoms with Gasteiger partial charge in [0.25, 0.3) is 0 Å². The van der Waals surface area contributed by atoms with E-state index < -0.39 is 5.97 Å². The number of hydrogen-bond acceptors (Lipinski definition) is 4. The monoisotopic (exact) mass is 499 g/mol. The number of ether oxygens (including phenoxy) is 2. The Bertz CT molecular complexity index is 1760. The van der Waals surface area contributed by atoms with Crippen LogP contribution in [0.2, 0.25) is 0 Å². The number of aromatic nitrogens is 1. The summed E-state index contributed by atoms with van der Waals surface area (Å²) < 4.78 is 13.0. The lowest BCUT2D eigenvalue weighted by Gasteiger charge is -2.07. The Morgan fingerprint density at radius 3 is 2.08 bits per heavy atom. The van der Waals surface area contributed by atoms with Crippen LogP contribution in [0.3, 0.4) is 0 Å². The van der Waals surface area contributed by atoms with Crippen LogP contribution in [0.5, 0.6) is 11.5 Å². The van der Waals surface area contributed by atoms with E-state index >= 15 is 0 Å². The van der Waals surface area contributed by atoms with Crippen LogP contribution in [0.25, 0.3) is 27.7 Å². The molecule has 186 valence electrons. The summed E-state index contributed by atoms with van der Waals surface area (Å²) in [5.74, 6) is 0.670. The van der Waals surface area contributed by atoms with Crippen LogP contribution in [0, 0.1) is 0 Å². The van der Waals surface area contributed by atoms with E-state index in [1.807, 2.05) is 36.4 Å². The molecule has 6 aromatic rings. The maximum Gasteiger partial charge on any atom is 0.343 e. The quantitative estimate of drug-likeness (QED) is 0.132. The molecule has 0 atom stereocenters. The minimum absolute atomic E-state index is 0.0825. The highest BCUT2D eigenvalue weighted by molar-refractivity contribution is 6.16. The van der Waals surface area contributed by atoms with Crippen molar-refractivity contribution in [3.63, 3.8) is 0 Å². The number of carbonyl (C=O) groups is 2. The molecule has 6 rings (SSSR count). The predicted molar refractivity (Wildman–Crippen MR) is 149 cm³/mol. The van der Waals surface area contributed by atoms with Crippen molar-refractivity contribution in [1.29, 1.82) is 0 Å². The van der Waals surface area contributed by atoms with Crippen molar-refractivity contribution in [1.82, 2.24) is 4.40 Å². The molecule has 0 aliphatic heterocycles. The molecule has 38 heavy (non-hydrogen) atoms. The van der Waals surface area contributed by atoms with E-state index in [0.29, 0.717) is 22.4 Å². The van der Waals surface area contributed by atoms with Crippen LogP contribution in [-0.2, 0) is 6.42 Å². The van der Waals surface area contributed by atoms with Gasteiger partial charge in [-0.3, -0.25) is 4.79 Å². The molecular formula is C33H25NO4. The van der Waals surface area contributed by atoms with Gasteiger partial charge in [-0.1, -0.05) is 43.3 Å². The van der Waals surface area contributed by atoms with Crippen LogP contribution >= 0.6 is 0 Å². The molecule has 0 aliphatic rings. The molecule has 0 N–H and O–H groups in total. The number of esters is 1. The van der Waals surface area contributed by atoms with Crippen LogP contribution in [0.4, 0.5) is 0 Å². The topological polar surface area (TPSA) is 57.0 Å². The first-order valence-corrected chi connectivity index (χ1v) is 12.5. The summed E-state index contributed by atoms with van der Waals surface area (Å²) in [5, 5.41) is 0. The Morgan fingerprint density at radius 1 is 0.711 bits per heavy atom. The summed E-state index contributed by atoms with van der Waals surface area (Å²) in [6.07, 6.45) is 0.870. The number of nitrogens with zero attached hydrogens (tertiary/aromatic N) is 1. The molecule has 0 unspecified atom stereocenters. The average molecular weight is 500 g/mol. The standard InChI is InChI=1S/C33H25NO4/c1-3-26-28-10-7-11-29-27(20-30(34(28)29)31(26)21-12-16-24(37-2)17-13-21)32(35)22-14-18-25(19-15-22)38-33(36)23-8-5-4-6-9-23/h4-20H,3H2,1-2H3. The fourth-order valence-electron chi connectivity index (χ4n) is 5.15. The van der Waals surface area contributed by atoms with Crippen LogP contribution in [0.1, 0.15) is 38.8 Å². The second-order valence-electron chi connectivity index (χ2n) is 9.12. The molecule has 0 saturated heterocycles. The van der Waals surface area contributed by atoms with Crippen molar-refractivity contribution in [2.75, 3.05) is 7.11 Å². The van der Waals surface area contributed by atoms with Gasteiger partial charge in [-0.25, -0.2) is 4.79 Å². The van der Waals surface area contributed by atoms with Gasteiger partial charge in [0.1, 0.15) is 11.5 Å². The summed E-state index contributed by atoms with van der Waals surface area (Å²) in [5.41, 5.74) is 8.09. The summed E-state index contributed by atoms with van der Waals surface area (Å²) in [4.78, 5) is 26.1. The van der Waals surface area contributed by atoms with Gasteiger partial charge in [0.05, 0.1) is 29.2 Å². The summed E-state index contributed by atoms with van der Waals surface area (Å²) in [7, 11) is 1.66. The lowest BCUT2D eigenvalue weighted by molar-refractivity contribution is 0.0734. The van der Waals surface area contributed by atoms with Gasteiger partial charge in [-0.2, -0.15) is 0 Å². The van der Waals surface area contributed by atoms with Crippen molar-refractivity contribution in [2.24, 2.45) is 0 Å². The number of pyridine rings is 1. The van der Waals surface area contributed by atoms with E-state index in [9.17, 15) is 9.59 Å². The molecule has 0 fully saturated rings. The molecule has 0 amide bonds. The Labute approximate surface area is 220 Å². The molecule has 0 aliphatic carbocycles. The molecule has 5 nitrogen and oxygen atoms in total. The van der Waals surface area contributed by atoms with Gasteiger partial charge in [-0.05, 0) is 84.3 Å². The number of aryl methyl sites for hydroxylation is 1. The highest BCUT2D eigenvalue weighted by atomic mass is 16.5. The lowest BCUT2D eigenvalue weighted by Crippen LogP contribution is -2.08. The fourth-order valence-corrected chi connectivity index (χ4v) is 5.15. The van der Waals surface area contributed by atoms with Gasteiger partial charge in [-0.15, -0.1) is 0 Å². The molecule has 3 aromatic heterocycles. The van der Waals surface area contributed by atoms with Gasteiger partial charge in [0.15, 0.2) is 5.78 Å².